The van der Waals surface area contributed by atoms with Gasteiger partial charge in [0.15, 0.2) is 0 Å². The number of aryl methyl sites for hydroxylation is 3. The zero-order chi connectivity index (χ0) is 24.1. The summed E-state index contributed by atoms with van der Waals surface area (Å²) >= 11 is 0. The SMILES string of the molecule is CNC(=O)C(CCC=O)N(C=O)Cc1c(C)cccc1C#CCCCCc1ccc(C)cn1. The molecule has 1 aromatic carbocycles. The van der Waals surface area contributed by atoms with Gasteiger partial charge in [-0.05, 0) is 68.4 Å². The zero-order valence-corrected chi connectivity index (χ0v) is 19.8. The van der Waals surface area contributed by atoms with E-state index in [-0.39, 0.29) is 25.3 Å². The summed E-state index contributed by atoms with van der Waals surface area (Å²) in [5.41, 5.74) is 5.04. The highest BCUT2D eigenvalue weighted by Gasteiger charge is 2.24. The second-order valence-corrected chi connectivity index (χ2v) is 8.09. The molecule has 174 valence electrons. The van der Waals surface area contributed by atoms with Crippen molar-refractivity contribution in [2.45, 2.75) is 65.0 Å². The van der Waals surface area contributed by atoms with Crippen molar-refractivity contribution >= 4 is 18.6 Å². The number of rotatable bonds is 12. The van der Waals surface area contributed by atoms with Crippen molar-refractivity contribution in [2.24, 2.45) is 0 Å². The van der Waals surface area contributed by atoms with Crippen LogP contribution in [0.25, 0.3) is 0 Å². The van der Waals surface area contributed by atoms with Crippen LogP contribution in [0.15, 0.2) is 36.5 Å². The lowest BCUT2D eigenvalue weighted by molar-refractivity contribution is -0.133. The Morgan fingerprint density at radius 1 is 1.18 bits per heavy atom. The lowest BCUT2D eigenvalue weighted by Gasteiger charge is -2.27. The van der Waals surface area contributed by atoms with Gasteiger partial charge in [-0.1, -0.05) is 30.0 Å². The molecule has 1 aromatic heterocycles. The number of nitrogens with zero attached hydrogens (tertiary/aromatic N) is 2. The predicted molar refractivity (Wildman–Crippen MR) is 129 cm³/mol. The topological polar surface area (TPSA) is 79.4 Å². The number of hydrogen-bond donors (Lipinski definition) is 1. The van der Waals surface area contributed by atoms with Gasteiger partial charge < -0.3 is 15.0 Å². The van der Waals surface area contributed by atoms with Crippen LogP contribution in [0.4, 0.5) is 0 Å². The van der Waals surface area contributed by atoms with E-state index >= 15 is 0 Å². The van der Waals surface area contributed by atoms with Gasteiger partial charge in [-0.3, -0.25) is 14.6 Å². The lowest BCUT2D eigenvalue weighted by atomic mass is 10.00. The summed E-state index contributed by atoms with van der Waals surface area (Å²) in [5.74, 6) is 6.22. The summed E-state index contributed by atoms with van der Waals surface area (Å²) < 4.78 is 0. The Hall–Kier alpha value is -3.46. The van der Waals surface area contributed by atoms with Crippen molar-refractivity contribution in [3.05, 3.63) is 64.5 Å². The maximum atomic E-state index is 12.3. The minimum absolute atomic E-state index is 0.209. The molecule has 0 bridgehead atoms. The van der Waals surface area contributed by atoms with Crippen LogP contribution in [-0.2, 0) is 27.3 Å². The van der Waals surface area contributed by atoms with E-state index in [9.17, 15) is 14.4 Å². The van der Waals surface area contributed by atoms with Crippen molar-refractivity contribution in [1.29, 1.82) is 0 Å². The van der Waals surface area contributed by atoms with Crippen molar-refractivity contribution in [1.82, 2.24) is 15.2 Å². The first kappa shape index (κ1) is 25.8. The van der Waals surface area contributed by atoms with Crippen LogP contribution in [0.2, 0.25) is 0 Å². The molecule has 1 N–H and O–H groups in total. The second-order valence-electron chi connectivity index (χ2n) is 8.09. The van der Waals surface area contributed by atoms with E-state index in [4.69, 9.17) is 0 Å². The fraction of sp³-hybridized carbons (Fsp3) is 0.407. The van der Waals surface area contributed by atoms with Crippen molar-refractivity contribution in [2.75, 3.05) is 7.05 Å². The van der Waals surface area contributed by atoms with Gasteiger partial charge >= 0.3 is 0 Å². The van der Waals surface area contributed by atoms with Gasteiger partial charge in [0.25, 0.3) is 0 Å². The summed E-state index contributed by atoms with van der Waals surface area (Å²) in [5, 5.41) is 2.58. The zero-order valence-electron chi connectivity index (χ0n) is 19.8. The third-order valence-corrected chi connectivity index (χ3v) is 5.57. The molecule has 0 aliphatic heterocycles. The second kappa shape index (κ2) is 13.8. The number of carbonyl (C=O) groups excluding carboxylic acids is 3. The van der Waals surface area contributed by atoms with Crippen molar-refractivity contribution in [3.63, 3.8) is 0 Å². The number of aromatic nitrogens is 1. The van der Waals surface area contributed by atoms with Gasteiger partial charge in [0, 0.05) is 43.9 Å². The molecule has 0 aliphatic rings. The third kappa shape index (κ3) is 8.19. The van der Waals surface area contributed by atoms with Crippen molar-refractivity contribution in [3.8, 4) is 11.8 Å². The van der Waals surface area contributed by atoms with Gasteiger partial charge in [0.05, 0.1) is 0 Å². The normalized spacial score (nSPS) is 11.1. The molecule has 2 aromatic rings. The molecular weight excluding hydrogens is 414 g/mol. The van der Waals surface area contributed by atoms with Crippen LogP contribution in [-0.4, -0.2) is 41.6 Å². The number of pyridine rings is 1. The molecule has 2 amide bonds. The minimum atomic E-state index is -0.700. The van der Waals surface area contributed by atoms with Crippen LogP contribution >= 0.6 is 0 Å². The van der Waals surface area contributed by atoms with E-state index in [0.717, 1.165) is 59.9 Å². The van der Waals surface area contributed by atoms with E-state index < -0.39 is 6.04 Å². The Balaban J connectivity index is 2.04. The van der Waals surface area contributed by atoms with Crippen molar-refractivity contribution < 1.29 is 14.4 Å². The summed E-state index contributed by atoms with van der Waals surface area (Å²) in [6.45, 7) is 4.26. The van der Waals surface area contributed by atoms with E-state index in [1.54, 1.807) is 0 Å². The Morgan fingerprint density at radius 2 is 2.00 bits per heavy atom. The molecule has 0 fully saturated rings. The number of hydrogen-bond acceptors (Lipinski definition) is 4. The number of aldehydes is 1. The van der Waals surface area contributed by atoms with E-state index in [2.05, 4.69) is 34.3 Å². The molecule has 0 saturated carbocycles. The smallest absolute Gasteiger partial charge is 0.242 e. The summed E-state index contributed by atoms with van der Waals surface area (Å²) in [7, 11) is 1.53. The van der Waals surface area contributed by atoms with Crippen LogP contribution in [0.1, 0.15) is 60.1 Å². The Labute approximate surface area is 196 Å². The lowest BCUT2D eigenvalue weighted by Crippen LogP contribution is -2.45. The van der Waals surface area contributed by atoms with Gasteiger partial charge in [-0.2, -0.15) is 0 Å². The van der Waals surface area contributed by atoms with Crippen LogP contribution in [0.3, 0.4) is 0 Å². The first-order valence-corrected chi connectivity index (χ1v) is 11.3. The molecule has 0 saturated heterocycles. The highest BCUT2D eigenvalue weighted by molar-refractivity contribution is 5.83. The molecule has 0 radical (unpaired) electrons. The highest BCUT2D eigenvalue weighted by atomic mass is 16.2. The maximum absolute atomic E-state index is 12.3. The highest BCUT2D eigenvalue weighted by Crippen LogP contribution is 2.18. The summed E-state index contributed by atoms with van der Waals surface area (Å²) in [6.07, 6.45) is 7.54. The molecular formula is C27H33N3O3. The van der Waals surface area contributed by atoms with Gasteiger partial charge in [0.1, 0.15) is 12.3 Å². The fourth-order valence-corrected chi connectivity index (χ4v) is 3.60. The minimum Gasteiger partial charge on any atom is -0.357 e. The van der Waals surface area contributed by atoms with Gasteiger partial charge in [0.2, 0.25) is 12.3 Å². The quantitative estimate of drug-likeness (QED) is 0.307. The van der Waals surface area contributed by atoms with Crippen LogP contribution in [0.5, 0.6) is 0 Å². The van der Waals surface area contributed by atoms with Crippen LogP contribution < -0.4 is 5.32 Å². The van der Waals surface area contributed by atoms with E-state index in [0.29, 0.717) is 6.41 Å². The maximum Gasteiger partial charge on any atom is 0.242 e. The largest absolute Gasteiger partial charge is 0.357 e. The fourth-order valence-electron chi connectivity index (χ4n) is 3.60. The first-order valence-electron chi connectivity index (χ1n) is 11.3. The standard InChI is InChI=1S/C27H33N3O3/c1-21-15-16-24(29-18-21)13-7-5-4-6-11-23-12-8-10-22(2)25(23)19-30(20-32)26(14-9-17-31)27(33)28-3/h8,10,12,15-18,20,26H,4-5,7,9,13-14,19H2,1-3H3,(H,28,33). The summed E-state index contributed by atoms with van der Waals surface area (Å²) in [6, 6.07) is 9.30. The molecule has 1 atom stereocenters. The number of amides is 2. The number of unbranched alkanes of at least 4 members (excludes halogenated alkanes) is 2. The molecule has 0 spiro atoms. The van der Waals surface area contributed by atoms with Crippen LogP contribution in [0, 0.1) is 25.7 Å². The number of likely N-dealkylation sites (N-methyl/N-ethyl adjacent to an activating group) is 1. The molecule has 2 rings (SSSR count). The average molecular weight is 448 g/mol. The Morgan fingerprint density at radius 3 is 2.67 bits per heavy atom. The average Bonchev–Trinajstić information content (AvgIpc) is 2.82. The van der Waals surface area contributed by atoms with E-state index in [1.165, 1.54) is 11.9 Å². The van der Waals surface area contributed by atoms with Gasteiger partial charge in [-0.15, -0.1) is 0 Å². The summed E-state index contributed by atoms with van der Waals surface area (Å²) in [4.78, 5) is 40.9. The number of benzene rings is 1. The monoisotopic (exact) mass is 447 g/mol. The Kier molecular flexibility index (Phi) is 10.8. The first-order chi connectivity index (χ1) is 16.0. The molecule has 1 unspecified atom stereocenters. The third-order valence-electron chi connectivity index (χ3n) is 5.57. The molecule has 0 aliphatic carbocycles. The predicted octanol–water partition coefficient (Wildman–Crippen LogP) is 3.52. The molecule has 1 heterocycles. The number of nitrogens with one attached hydrogen (secondary N) is 1. The molecule has 33 heavy (non-hydrogen) atoms. The van der Waals surface area contributed by atoms with Gasteiger partial charge in [-0.25, -0.2) is 0 Å². The Bertz CT molecular complexity index is 990. The van der Waals surface area contributed by atoms with E-state index in [1.807, 2.05) is 38.2 Å². The number of carbonyl (C=O) groups is 3. The molecule has 6 nitrogen and oxygen atoms in total. The molecule has 6 heteroatoms.